The number of aliphatic hydroxyl groups excluding tert-OH is 2. The summed E-state index contributed by atoms with van der Waals surface area (Å²) in [5.41, 5.74) is 7.28. The van der Waals surface area contributed by atoms with Gasteiger partial charge in [-0.05, 0) is 178 Å². The first-order valence-electron chi connectivity index (χ1n) is 39.1. The fraction of sp³-hybridized carbons (Fsp3) is 0.530. The minimum Gasteiger partial charge on any atom is -0.485 e. The van der Waals surface area contributed by atoms with Gasteiger partial charge < -0.3 is 71.9 Å². The summed E-state index contributed by atoms with van der Waals surface area (Å²) < 4.78 is 90.5. The number of Topliss-reactive ketones (excluding diaryl/α,β-unsaturated/α-hetero) is 3. The molecule has 6 atom stereocenters. The number of aromatic nitrogens is 2. The average Bonchev–Trinajstić information content (AvgIpc) is 1.62. The number of aryl methyl sites for hydroxylation is 2. The van der Waals surface area contributed by atoms with Crippen molar-refractivity contribution in [1.29, 1.82) is 0 Å². The molecule has 10 rings (SSSR count). The van der Waals surface area contributed by atoms with Gasteiger partial charge in [0, 0.05) is 78.7 Å². The number of anilines is 2. The molecule has 2 saturated heterocycles. The normalized spacial score (nSPS) is 17.8. The zero-order valence-electron chi connectivity index (χ0n) is 66.6. The van der Waals surface area contributed by atoms with E-state index in [1.165, 1.54) is 44.6 Å². The number of ether oxygens (including phenoxy) is 3. The summed E-state index contributed by atoms with van der Waals surface area (Å²) in [7, 11) is 0. The molecule has 6 amide bonds. The number of likely N-dealkylation sites (tertiary alicyclic amines) is 2. The molecule has 4 fully saturated rings. The van der Waals surface area contributed by atoms with Gasteiger partial charge in [-0.15, -0.1) is 22.7 Å². The Labute approximate surface area is 693 Å². The molecule has 2 unspecified atom stereocenters. The number of unbranched alkanes of at least 4 members (excludes halogenated alkanes) is 4. The number of aliphatic hydroxyl groups is 2. The van der Waals surface area contributed by atoms with Crippen LogP contribution in [-0.4, -0.2) is 190 Å². The molecule has 2 aliphatic carbocycles. The largest absolute Gasteiger partial charge is 0.485 e. The minimum atomic E-state index is -2.00. The summed E-state index contributed by atoms with van der Waals surface area (Å²) in [5.74, 6) is -6.97. The van der Waals surface area contributed by atoms with Crippen LogP contribution in [0.3, 0.4) is 0 Å². The van der Waals surface area contributed by atoms with E-state index in [-0.39, 0.29) is 120 Å². The molecule has 0 bridgehead atoms. The second kappa shape index (κ2) is 41.3. The summed E-state index contributed by atoms with van der Waals surface area (Å²) in [4.78, 5) is 132. The second-order valence-corrected chi connectivity index (χ2v) is 35.0. The Kier molecular flexibility index (Phi) is 32.6. The molecule has 0 spiro atoms. The van der Waals surface area contributed by atoms with Crippen molar-refractivity contribution in [2.24, 2.45) is 16.6 Å². The number of ketones is 3. The first kappa shape index (κ1) is 91.4. The van der Waals surface area contributed by atoms with Crippen LogP contribution in [0.1, 0.15) is 171 Å². The molecule has 116 heavy (non-hydrogen) atoms. The lowest BCUT2D eigenvalue weighted by Gasteiger charge is -2.35. The zero-order valence-corrected chi connectivity index (χ0v) is 70.4. The van der Waals surface area contributed by atoms with E-state index in [0.29, 0.717) is 65.1 Å². The average molecular weight is 1770 g/mol. The van der Waals surface area contributed by atoms with Gasteiger partial charge in [-0.1, -0.05) is 78.6 Å². The van der Waals surface area contributed by atoms with Crippen molar-refractivity contribution in [3.05, 3.63) is 127 Å². The Balaban J connectivity index is 0.000000289. The van der Waals surface area contributed by atoms with E-state index >= 15 is 0 Å². The van der Waals surface area contributed by atoms with Gasteiger partial charge in [0.15, 0.2) is 40.3 Å². The van der Waals surface area contributed by atoms with Crippen LogP contribution in [-0.2, 0) is 56.2 Å². The number of halogens is 6. The number of nitrogens with two attached hydrogens (primary N) is 1. The number of hydrogen-bond donors (Lipinski definition) is 9. The van der Waals surface area contributed by atoms with E-state index < -0.39 is 123 Å². The molecule has 2 aromatic heterocycles. The number of rotatable bonds is 40. The maximum atomic E-state index is 14.7. The third-order valence-corrected chi connectivity index (χ3v) is 23.1. The molecule has 4 heterocycles. The summed E-state index contributed by atoms with van der Waals surface area (Å²) in [6, 6.07) is 12.9. The standard InChI is InChI=1S/C50H59F4IN6O8S.C33H46FN5O6S/c1-29-44(70-28-58-29)30-10-11-31(24-57-46(65)39-23-34(63)25-61(39)47(66)45(49(2,3)4)60-48(67)50(54)16-17-50)41(21-30)69-26-33(62)9-6-5-7-18-56-19-8-20-68-27-40(64)35-13-14-36(51)42(53)43(35)59-38-15-12-32(55)22-37(38)52;1-20-27(46-19-37-20)21-9-10-22(26(14-21)45-18-23(40)8-6-5-7-13-35)16-36-29(42)25-15-24(41)17-39(25)30(43)28(32(2,3)4)38-31(44)33(34)11-12-33/h10-15,21-22,28,34,39,45,56,59,63H,5-9,16-20,23-27H2,1-4H3,(H,57,65)(H,60,67);9-10,14,19,24-25,28,41H,5-8,11-13,15-18,35H2,1-4H3,(H,36,42)(H,38,44)/t34-,39?,45-;24-,25?,28-/m11/s1. The molecule has 2 aliphatic heterocycles. The van der Waals surface area contributed by atoms with Crippen LogP contribution in [0.5, 0.6) is 11.5 Å². The fourth-order valence-electron chi connectivity index (χ4n) is 13.3. The molecule has 630 valence electrons. The third kappa shape index (κ3) is 25.3. The van der Waals surface area contributed by atoms with Gasteiger partial charge in [0.1, 0.15) is 61.3 Å². The maximum absolute atomic E-state index is 14.7. The molecule has 10 N–H and O–H groups in total. The topological polar surface area (TPSA) is 352 Å². The van der Waals surface area contributed by atoms with Gasteiger partial charge in [-0.2, -0.15) is 0 Å². The second-order valence-electron chi connectivity index (χ2n) is 32.1. The highest BCUT2D eigenvalue weighted by molar-refractivity contribution is 14.1. The van der Waals surface area contributed by atoms with Crippen molar-refractivity contribution in [3.8, 4) is 32.4 Å². The molecular formula is C83H105F5IN11O14S2. The Morgan fingerprint density at radius 2 is 1.09 bits per heavy atom. The van der Waals surface area contributed by atoms with Crippen LogP contribution >= 0.6 is 45.3 Å². The number of nitrogens with one attached hydrogen (secondary N) is 6. The SMILES string of the molecule is Cc1ncsc1-c1ccc(CNC(=O)C2C[C@@H](O)CN2C(=O)[C@@H](NC(=O)C2(F)CC2)C(C)(C)C)c(OCC(=O)CCCCCN)c1.Cc1ncsc1-c1ccc(CNC(=O)C2C[C@@H](O)CN2C(=O)[C@@H](NC(=O)C2(F)CC2)C(C)(C)C)c(OCC(=O)CCCCCNCCCOCC(=O)c2ccc(F)c(F)c2Nc2ccc(I)cc2F)c1. The molecule has 4 aromatic carbocycles. The fourth-order valence-corrected chi connectivity index (χ4v) is 15.4. The lowest BCUT2D eigenvalue weighted by Crippen LogP contribution is -2.59. The van der Waals surface area contributed by atoms with Crippen molar-refractivity contribution in [1.82, 2.24) is 46.4 Å². The van der Waals surface area contributed by atoms with Gasteiger partial charge >= 0.3 is 0 Å². The van der Waals surface area contributed by atoms with Crippen LogP contribution < -0.4 is 47.1 Å². The van der Waals surface area contributed by atoms with Crippen LogP contribution in [0, 0.1) is 45.7 Å². The van der Waals surface area contributed by atoms with Crippen LogP contribution in [0.15, 0.2) is 77.8 Å². The third-order valence-electron chi connectivity index (χ3n) is 20.5. The number of carbonyl (C=O) groups is 9. The first-order valence-corrected chi connectivity index (χ1v) is 41.9. The van der Waals surface area contributed by atoms with Crippen molar-refractivity contribution >= 4 is 109 Å². The molecule has 2 saturated carbocycles. The Morgan fingerprint density at radius 1 is 0.612 bits per heavy atom. The Morgan fingerprint density at radius 3 is 1.53 bits per heavy atom. The number of alkyl halides is 2. The smallest absolute Gasteiger partial charge is 0.258 e. The monoisotopic (exact) mass is 1770 g/mol. The number of hydrogen-bond acceptors (Lipinski definition) is 21. The highest BCUT2D eigenvalue weighted by Crippen LogP contribution is 2.43. The highest BCUT2D eigenvalue weighted by Gasteiger charge is 2.55. The van der Waals surface area contributed by atoms with Crippen molar-refractivity contribution < 1.29 is 89.5 Å². The quantitative estimate of drug-likeness (QED) is 0.00747. The van der Waals surface area contributed by atoms with Crippen LogP contribution in [0.25, 0.3) is 20.9 Å². The highest BCUT2D eigenvalue weighted by atomic mass is 127. The van der Waals surface area contributed by atoms with E-state index in [0.717, 1.165) is 76.5 Å². The predicted molar refractivity (Wildman–Crippen MR) is 438 cm³/mol. The van der Waals surface area contributed by atoms with Crippen LogP contribution in [0.4, 0.5) is 33.3 Å². The van der Waals surface area contributed by atoms with Crippen molar-refractivity contribution in [3.63, 3.8) is 0 Å². The van der Waals surface area contributed by atoms with Gasteiger partial charge in [0.2, 0.25) is 23.6 Å². The number of amides is 6. The number of β-amino-alcohol motifs (C(OH)–C–C–N with tert-alkyl or cyclic N) is 2. The number of benzene rings is 4. The molecule has 33 heteroatoms. The molecule has 25 nitrogen and oxygen atoms in total. The first-order chi connectivity index (χ1) is 55.0. The lowest BCUT2D eigenvalue weighted by atomic mass is 9.85. The van der Waals surface area contributed by atoms with Gasteiger partial charge in [-0.3, -0.25) is 43.2 Å². The lowest BCUT2D eigenvalue weighted by molar-refractivity contribution is -0.145. The predicted octanol–water partition coefficient (Wildman–Crippen LogP) is 11.1. The molecular weight excluding hydrogens is 1660 g/mol. The zero-order chi connectivity index (χ0) is 84.4. The summed E-state index contributed by atoms with van der Waals surface area (Å²) in [5, 5.41) is 37.7. The Bertz CT molecular complexity index is 4490. The summed E-state index contributed by atoms with van der Waals surface area (Å²) in [6.07, 6.45) is 4.33. The molecule has 4 aliphatic rings. The molecule has 0 radical (unpaired) electrons. The van der Waals surface area contributed by atoms with Crippen LogP contribution in [0.2, 0.25) is 0 Å². The van der Waals surface area contributed by atoms with Crippen molar-refractivity contribution in [2.45, 2.75) is 213 Å². The summed E-state index contributed by atoms with van der Waals surface area (Å²) in [6.45, 7) is 15.4. The number of carbonyl (C=O) groups excluding carboxylic acids is 9. The van der Waals surface area contributed by atoms with E-state index in [9.17, 15) is 75.3 Å². The Hall–Kier alpha value is -8.45. The van der Waals surface area contributed by atoms with Gasteiger partial charge in [0.05, 0.1) is 55.7 Å². The number of thiazole rings is 2. The van der Waals surface area contributed by atoms with Gasteiger partial charge in [0.25, 0.3) is 11.8 Å². The summed E-state index contributed by atoms with van der Waals surface area (Å²) >= 11 is 4.86. The minimum absolute atomic E-state index is 0.0149. The van der Waals surface area contributed by atoms with Crippen molar-refractivity contribution in [2.75, 3.05) is 64.5 Å². The maximum Gasteiger partial charge on any atom is 0.258 e. The van der Waals surface area contributed by atoms with E-state index in [1.54, 1.807) is 70.8 Å². The number of nitrogens with zero attached hydrogens (tertiary/aromatic N) is 4. The van der Waals surface area contributed by atoms with E-state index in [2.05, 4.69) is 41.9 Å². The van der Waals surface area contributed by atoms with Gasteiger partial charge in [-0.25, -0.2) is 31.9 Å². The molecule has 6 aromatic rings. The van der Waals surface area contributed by atoms with E-state index in [4.69, 9.17) is 19.9 Å². The van der Waals surface area contributed by atoms with E-state index in [1.807, 2.05) is 60.7 Å².